The van der Waals surface area contributed by atoms with Gasteiger partial charge in [0.1, 0.15) is 23.3 Å². The third-order valence-electron chi connectivity index (χ3n) is 5.19. The quantitative estimate of drug-likeness (QED) is 0.625. The number of aryl methyl sites for hydroxylation is 2. The second-order valence-corrected chi connectivity index (χ2v) is 7.34. The molecule has 0 atom stereocenters. The molecule has 0 aliphatic carbocycles. The number of piperazine rings is 1. The van der Waals surface area contributed by atoms with Crippen LogP contribution in [0.5, 0.6) is 0 Å². The first-order valence-electron chi connectivity index (χ1n) is 10.3. The Hall–Kier alpha value is -3.15. The van der Waals surface area contributed by atoms with Crippen LogP contribution in [-0.2, 0) is 6.42 Å². The zero-order valence-corrected chi connectivity index (χ0v) is 17.0. The summed E-state index contributed by atoms with van der Waals surface area (Å²) in [5, 5.41) is 3.47. The SMILES string of the molecule is Cc1nc(NCCCc2ccccc2)cc(N2CCN(c3ccccn3)CC2)n1. The van der Waals surface area contributed by atoms with Crippen LogP contribution in [0.2, 0.25) is 0 Å². The van der Waals surface area contributed by atoms with E-state index in [-0.39, 0.29) is 0 Å². The number of anilines is 3. The second-order valence-electron chi connectivity index (χ2n) is 7.34. The van der Waals surface area contributed by atoms with Crippen molar-refractivity contribution in [3.8, 4) is 0 Å². The van der Waals surface area contributed by atoms with E-state index in [0.29, 0.717) is 0 Å². The number of hydrogen-bond acceptors (Lipinski definition) is 6. The zero-order chi connectivity index (χ0) is 19.9. The Bertz CT molecular complexity index is 892. The van der Waals surface area contributed by atoms with Crippen molar-refractivity contribution in [2.45, 2.75) is 19.8 Å². The van der Waals surface area contributed by atoms with Crippen LogP contribution in [0.15, 0.2) is 60.8 Å². The summed E-state index contributed by atoms with van der Waals surface area (Å²) in [4.78, 5) is 18.4. The van der Waals surface area contributed by atoms with Gasteiger partial charge in [-0.3, -0.25) is 0 Å². The fourth-order valence-electron chi connectivity index (χ4n) is 3.66. The Morgan fingerprint density at radius 3 is 2.31 bits per heavy atom. The molecule has 0 bridgehead atoms. The lowest BCUT2D eigenvalue weighted by atomic mass is 10.1. The molecule has 3 heterocycles. The summed E-state index contributed by atoms with van der Waals surface area (Å²) in [5.74, 6) is 3.77. The number of pyridine rings is 1. The Morgan fingerprint density at radius 2 is 1.59 bits per heavy atom. The lowest BCUT2D eigenvalue weighted by molar-refractivity contribution is 0.640. The lowest BCUT2D eigenvalue weighted by Gasteiger charge is -2.36. The molecule has 0 radical (unpaired) electrons. The molecule has 6 heteroatoms. The fraction of sp³-hybridized carbons (Fsp3) is 0.348. The summed E-state index contributed by atoms with van der Waals surface area (Å²) in [5.41, 5.74) is 1.37. The van der Waals surface area contributed by atoms with Gasteiger partial charge in [0, 0.05) is 45.0 Å². The van der Waals surface area contributed by atoms with E-state index in [2.05, 4.69) is 72.5 Å². The zero-order valence-electron chi connectivity index (χ0n) is 17.0. The molecule has 0 saturated carbocycles. The van der Waals surface area contributed by atoms with E-state index in [1.165, 1.54) is 5.56 Å². The Balaban J connectivity index is 1.31. The van der Waals surface area contributed by atoms with Crippen molar-refractivity contribution in [3.05, 3.63) is 72.2 Å². The van der Waals surface area contributed by atoms with Crippen molar-refractivity contribution in [2.75, 3.05) is 47.8 Å². The molecule has 150 valence electrons. The number of aromatic nitrogens is 3. The van der Waals surface area contributed by atoms with Gasteiger partial charge in [0.25, 0.3) is 0 Å². The smallest absolute Gasteiger partial charge is 0.134 e. The maximum atomic E-state index is 4.67. The standard InChI is InChI=1S/C23H28N6/c1-19-26-21(24-13-7-10-20-8-3-2-4-9-20)18-23(27-19)29-16-14-28(15-17-29)22-11-5-6-12-25-22/h2-6,8-9,11-12,18H,7,10,13-17H2,1H3,(H,24,26,27). The van der Waals surface area contributed by atoms with Gasteiger partial charge in [0.2, 0.25) is 0 Å². The van der Waals surface area contributed by atoms with Gasteiger partial charge in [-0.2, -0.15) is 0 Å². The van der Waals surface area contributed by atoms with Gasteiger partial charge in [0.15, 0.2) is 0 Å². The van der Waals surface area contributed by atoms with Crippen LogP contribution in [0, 0.1) is 6.92 Å². The molecule has 2 aromatic heterocycles. The number of nitrogens with one attached hydrogen (secondary N) is 1. The van der Waals surface area contributed by atoms with Gasteiger partial charge in [-0.15, -0.1) is 0 Å². The molecule has 0 amide bonds. The number of rotatable bonds is 7. The average Bonchev–Trinajstić information content (AvgIpc) is 2.78. The van der Waals surface area contributed by atoms with Gasteiger partial charge in [-0.1, -0.05) is 36.4 Å². The van der Waals surface area contributed by atoms with Crippen molar-refractivity contribution < 1.29 is 0 Å². The first kappa shape index (κ1) is 19.2. The fourth-order valence-corrected chi connectivity index (χ4v) is 3.66. The molecule has 3 aromatic rings. The van der Waals surface area contributed by atoms with E-state index in [9.17, 15) is 0 Å². The summed E-state index contributed by atoms with van der Waals surface area (Å²) in [7, 11) is 0. The van der Waals surface area contributed by atoms with E-state index >= 15 is 0 Å². The molecule has 0 spiro atoms. The van der Waals surface area contributed by atoms with Crippen LogP contribution in [0.4, 0.5) is 17.5 Å². The monoisotopic (exact) mass is 388 g/mol. The largest absolute Gasteiger partial charge is 0.370 e. The van der Waals surface area contributed by atoms with Gasteiger partial charge in [-0.05, 0) is 37.5 Å². The first-order valence-corrected chi connectivity index (χ1v) is 10.3. The Morgan fingerprint density at radius 1 is 0.862 bits per heavy atom. The third-order valence-corrected chi connectivity index (χ3v) is 5.19. The van der Waals surface area contributed by atoms with Crippen molar-refractivity contribution in [1.82, 2.24) is 15.0 Å². The summed E-state index contributed by atoms with van der Waals surface area (Å²) in [6, 6.07) is 18.7. The van der Waals surface area contributed by atoms with Crippen molar-refractivity contribution in [2.24, 2.45) is 0 Å². The van der Waals surface area contributed by atoms with Crippen molar-refractivity contribution in [3.63, 3.8) is 0 Å². The molecule has 4 rings (SSSR count). The maximum absolute atomic E-state index is 4.67. The van der Waals surface area contributed by atoms with Gasteiger partial charge in [-0.25, -0.2) is 15.0 Å². The molecule has 1 fully saturated rings. The van der Waals surface area contributed by atoms with Crippen molar-refractivity contribution in [1.29, 1.82) is 0 Å². The molecule has 1 aliphatic heterocycles. The van der Waals surface area contributed by atoms with Crippen molar-refractivity contribution >= 4 is 17.5 Å². The second kappa shape index (κ2) is 9.37. The van der Waals surface area contributed by atoms with Crippen LogP contribution in [0.1, 0.15) is 17.8 Å². The van der Waals surface area contributed by atoms with Crippen LogP contribution in [-0.4, -0.2) is 47.7 Å². The molecule has 1 N–H and O–H groups in total. The lowest BCUT2D eigenvalue weighted by Crippen LogP contribution is -2.47. The molecular formula is C23H28N6. The third kappa shape index (κ3) is 5.22. The summed E-state index contributed by atoms with van der Waals surface area (Å²) < 4.78 is 0. The Kier molecular flexibility index (Phi) is 6.19. The predicted molar refractivity (Wildman–Crippen MR) is 119 cm³/mol. The summed E-state index contributed by atoms with van der Waals surface area (Å²) >= 11 is 0. The minimum absolute atomic E-state index is 0.806. The molecule has 1 aliphatic rings. The number of benzene rings is 1. The molecule has 0 unspecified atom stereocenters. The topological polar surface area (TPSA) is 57.2 Å². The van der Waals surface area contributed by atoms with E-state index in [1.54, 1.807) is 0 Å². The number of nitrogens with zero attached hydrogens (tertiary/aromatic N) is 5. The minimum atomic E-state index is 0.806. The van der Waals surface area contributed by atoms with E-state index in [0.717, 1.165) is 68.8 Å². The average molecular weight is 389 g/mol. The molecule has 1 aromatic carbocycles. The molecule has 1 saturated heterocycles. The Labute approximate surface area is 172 Å². The van der Waals surface area contributed by atoms with Crippen LogP contribution >= 0.6 is 0 Å². The van der Waals surface area contributed by atoms with Gasteiger partial charge in [0.05, 0.1) is 0 Å². The highest BCUT2D eigenvalue weighted by molar-refractivity contribution is 5.51. The highest BCUT2D eigenvalue weighted by Crippen LogP contribution is 2.20. The summed E-state index contributed by atoms with van der Waals surface area (Å²) in [6.45, 7) is 6.61. The summed E-state index contributed by atoms with van der Waals surface area (Å²) in [6.07, 6.45) is 4.00. The predicted octanol–water partition coefficient (Wildman–Crippen LogP) is 3.55. The minimum Gasteiger partial charge on any atom is -0.370 e. The van der Waals surface area contributed by atoms with Gasteiger partial charge >= 0.3 is 0 Å². The van der Waals surface area contributed by atoms with E-state index in [4.69, 9.17) is 0 Å². The highest BCUT2D eigenvalue weighted by atomic mass is 15.3. The van der Waals surface area contributed by atoms with Crippen LogP contribution in [0.25, 0.3) is 0 Å². The maximum Gasteiger partial charge on any atom is 0.134 e. The molecule has 6 nitrogen and oxygen atoms in total. The highest BCUT2D eigenvalue weighted by Gasteiger charge is 2.19. The molecular weight excluding hydrogens is 360 g/mol. The van der Waals surface area contributed by atoms with Crippen LogP contribution in [0.3, 0.4) is 0 Å². The molecule has 29 heavy (non-hydrogen) atoms. The van der Waals surface area contributed by atoms with E-state index < -0.39 is 0 Å². The van der Waals surface area contributed by atoms with Crippen LogP contribution < -0.4 is 15.1 Å². The van der Waals surface area contributed by atoms with E-state index in [1.807, 2.05) is 25.3 Å². The number of hydrogen-bond donors (Lipinski definition) is 1. The first-order chi connectivity index (χ1) is 14.3. The normalized spacial score (nSPS) is 14.1. The van der Waals surface area contributed by atoms with Gasteiger partial charge < -0.3 is 15.1 Å².